The summed E-state index contributed by atoms with van der Waals surface area (Å²) in [5.74, 6) is 0.751. The van der Waals surface area contributed by atoms with Gasteiger partial charge < -0.3 is 15.0 Å². The van der Waals surface area contributed by atoms with Gasteiger partial charge >= 0.3 is 6.03 Å². The molecule has 5 nitrogen and oxygen atoms in total. The van der Waals surface area contributed by atoms with Crippen molar-refractivity contribution in [2.45, 2.75) is 25.3 Å². The van der Waals surface area contributed by atoms with Crippen LogP contribution >= 0.6 is 0 Å². The standard InChI is InChI=1S/C14H17N3O2/c1-19-13-7-3-11(4-8-13)16-14(18)17(10-2-9-15)12-5-6-12/h3-4,7-8,12H,2,5-6,10H2,1H3,(H,16,18). The van der Waals surface area contributed by atoms with Crippen molar-refractivity contribution < 1.29 is 9.53 Å². The Balaban J connectivity index is 1.95. The van der Waals surface area contributed by atoms with E-state index in [4.69, 9.17) is 10.00 Å². The van der Waals surface area contributed by atoms with Crippen molar-refractivity contribution in [1.82, 2.24) is 4.90 Å². The van der Waals surface area contributed by atoms with E-state index in [0.29, 0.717) is 19.0 Å². The van der Waals surface area contributed by atoms with Crippen molar-refractivity contribution in [3.05, 3.63) is 24.3 Å². The van der Waals surface area contributed by atoms with Crippen LogP contribution in [0.1, 0.15) is 19.3 Å². The summed E-state index contributed by atoms with van der Waals surface area (Å²) in [6.45, 7) is 0.489. The van der Waals surface area contributed by atoms with Crippen LogP contribution in [-0.4, -0.2) is 30.6 Å². The lowest BCUT2D eigenvalue weighted by molar-refractivity contribution is 0.210. The summed E-state index contributed by atoms with van der Waals surface area (Å²) in [6, 6.07) is 9.43. The summed E-state index contributed by atoms with van der Waals surface area (Å²) in [6.07, 6.45) is 2.43. The zero-order chi connectivity index (χ0) is 13.7. The van der Waals surface area contributed by atoms with Gasteiger partial charge in [0.25, 0.3) is 0 Å². The van der Waals surface area contributed by atoms with E-state index in [0.717, 1.165) is 24.3 Å². The number of nitrogens with one attached hydrogen (secondary N) is 1. The van der Waals surface area contributed by atoms with Crippen LogP contribution in [0.3, 0.4) is 0 Å². The molecule has 5 heteroatoms. The topological polar surface area (TPSA) is 65.4 Å². The van der Waals surface area contributed by atoms with E-state index >= 15 is 0 Å². The smallest absolute Gasteiger partial charge is 0.322 e. The number of amides is 2. The van der Waals surface area contributed by atoms with Crippen LogP contribution in [0.2, 0.25) is 0 Å². The average molecular weight is 259 g/mol. The zero-order valence-electron chi connectivity index (χ0n) is 10.9. The molecule has 0 spiro atoms. The normalized spacial score (nSPS) is 13.5. The number of ether oxygens (including phenoxy) is 1. The molecule has 2 rings (SSSR count). The lowest BCUT2D eigenvalue weighted by atomic mass is 10.3. The molecule has 1 aromatic rings. The molecule has 0 radical (unpaired) electrons. The Morgan fingerprint density at radius 2 is 2.16 bits per heavy atom. The molecule has 0 heterocycles. The number of carbonyl (C=O) groups is 1. The third-order valence-corrected chi connectivity index (χ3v) is 3.05. The fourth-order valence-electron chi connectivity index (χ4n) is 1.88. The molecule has 0 unspecified atom stereocenters. The van der Waals surface area contributed by atoms with Crippen molar-refractivity contribution >= 4 is 11.7 Å². The van der Waals surface area contributed by atoms with Gasteiger partial charge in [0.1, 0.15) is 5.75 Å². The lowest BCUT2D eigenvalue weighted by Gasteiger charge is -2.21. The van der Waals surface area contributed by atoms with Crippen LogP contribution in [0.25, 0.3) is 0 Å². The fraction of sp³-hybridized carbons (Fsp3) is 0.429. The highest BCUT2D eigenvalue weighted by Crippen LogP contribution is 2.27. The number of anilines is 1. The number of hydrogen-bond donors (Lipinski definition) is 1. The molecule has 1 aromatic carbocycles. The molecule has 1 saturated carbocycles. The number of nitrogens with zero attached hydrogens (tertiary/aromatic N) is 2. The minimum atomic E-state index is -0.136. The number of benzene rings is 1. The quantitative estimate of drug-likeness (QED) is 0.883. The number of nitriles is 1. The summed E-state index contributed by atoms with van der Waals surface area (Å²) in [7, 11) is 1.60. The van der Waals surface area contributed by atoms with Gasteiger partial charge in [0, 0.05) is 18.3 Å². The van der Waals surface area contributed by atoms with Gasteiger partial charge in [-0.25, -0.2) is 4.79 Å². The first-order valence-electron chi connectivity index (χ1n) is 6.33. The van der Waals surface area contributed by atoms with Gasteiger partial charge in [0.2, 0.25) is 0 Å². The van der Waals surface area contributed by atoms with Gasteiger partial charge in [-0.15, -0.1) is 0 Å². The summed E-state index contributed by atoms with van der Waals surface area (Å²) in [5.41, 5.74) is 0.730. The number of hydrogen-bond acceptors (Lipinski definition) is 3. The SMILES string of the molecule is COc1ccc(NC(=O)N(CCC#N)C2CC2)cc1. The second-order valence-corrected chi connectivity index (χ2v) is 4.49. The lowest BCUT2D eigenvalue weighted by Crippen LogP contribution is -2.37. The van der Waals surface area contributed by atoms with E-state index in [1.54, 1.807) is 36.3 Å². The Kier molecular flexibility index (Phi) is 4.24. The highest BCUT2D eigenvalue weighted by molar-refractivity contribution is 5.89. The van der Waals surface area contributed by atoms with E-state index in [-0.39, 0.29) is 6.03 Å². The molecule has 1 fully saturated rings. The maximum Gasteiger partial charge on any atom is 0.322 e. The second-order valence-electron chi connectivity index (χ2n) is 4.49. The molecule has 0 aromatic heterocycles. The monoisotopic (exact) mass is 259 g/mol. The molecular formula is C14H17N3O2. The summed E-state index contributed by atoms with van der Waals surface area (Å²) >= 11 is 0. The Morgan fingerprint density at radius 3 is 2.68 bits per heavy atom. The van der Waals surface area contributed by atoms with Gasteiger partial charge in [0.05, 0.1) is 19.6 Å². The molecule has 100 valence electrons. The molecule has 19 heavy (non-hydrogen) atoms. The first-order valence-corrected chi connectivity index (χ1v) is 6.33. The van der Waals surface area contributed by atoms with Crippen LogP contribution in [0, 0.1) is 11.3 Å². The van der Waals surface area contributed by atoms with Gasteiger partial charge in [-0.3, -0.25) is 0 Å². The Hall–Kier alpha value is -2.22. The van der Waals surface area contributed by atoms with Crippen LogP contribution < -0.4 is 10.1 Å². The van der Waals surface area contributed by atoms with Gasteiger partial charge in [-0.2, -0.15) is 5.26 Å². The third-order valence-electron chi connectivity index (χ3n) is 3.05. The summed E-state index contributed by atoms with van der Waals surface area (Å²) < 4.78 is 5.06. The molecule has 0 atom stereocenters. The van der Waals surface area contributed by atoms with E-state index in [1.165, 1.54) is 0 Å². The zero-order valence-corrected chi connectivity index (χ0v) is 10.9. The maximum atomic E-state index is 12.1. The van der Waals surface area contributed by atoms with Gasteiger partial charge in [-0.05, 0) is 37.1 Å². The Morgan fingerprint density at radius 1 is 1.47 bits per heavy atom. The molecule has 0 aliphatic heterocycles. The summed E-state index contributed by atoms with van der Waals surface area (Å²) in [5, 5.41) is 11.5. The fourth-order valence-corrected chi connectivity index (χ4v) is 1.88. The van der Waals surface area contributed by atoms with Crippen LogP contribution in [-0.2, 0) is 0 Å². The van der Waals surface area contributed by atoms with Crippen molar-refractivity contribution in [3.8, 4) is 11.8 Å². The van der Waals surface area contributed by atoms with Crippen LogP contribution in [0.4, 0.5) is 10.5 Å². The Bertz CT molecular complexity index is 474. The molecule has 1 aliphatic rings. The molecule has 0 saturated heterocycles. The van der Waals surface area contributed by atoms with Gasteiger partial charge in [0.15, 0.2) is 0 Å². The van der Waals surface area contributed by atoms with Crippen LogP contribution in [0.5, 0.6) is 5.75 Å². The number of methoxy groups -OCH3 is 1. The third kappa shape index (κ3) is 3.62. The highest BCUT2D eigenvalue weighted by Gasteiger charge is 2.32. The van der Waals surface area contributed by atoms with Crippen molar-refractivity contribution in [2.24, 2.45) is 0 Å². The maximum absolute atomic E-state index is 12.1. The minimum Gasteiger partial charge on any atom is -0.497 e. The highest BCUT2D eigenvalue weighted by atomic mass is 16.5. The van der Waals surface area contributed by atoms with E-state index in [1.807, 2.05) is 0 Å². The van der Waals surface area contributed by atoms with E-state index < -0.39 is 0 Å². The van der Waals surface area contributed by atoms with E-state index in [9.17, 15) is 4.79 Å². The van der Waals surface area contributed by atoms with Crippen molar-refractivity contribution in [1.29, 1.82) is 5.26 Å². The first-order chi connectivity index (χ1) is 9.24. The molecule has 1 N–H and O–H groups in total. The van der Waals surface area contributed by atoms with Crippen molar-refractivity contribution in [3.63, 3.8) is 0 Å². The van der Waals surface area contributed by atoms with Crippen LogP contribution in [0.15, 0.2) is 24.3 Å². The molecule has 2 amide bonds. The second kappa shape index (κ2) is 6.10. The Labute approximate surface area is 112 Å². The predicted molar refractivity (Wildman–Crippen MR) is 72.0 cm³/mol. The van der Waals surface area contributed by atoms with E-state index in [2.05, 4.69) is 11.4 Å². The largest absolute Gasteiger partial charge is 0.497 e. The number of rotatable bonds is 5. The molecular weight excluding hydrogens is 242 g/mol. The number of carbonyl (C=O) groups excluding carboxylic acids is 1. The molecule has 1 aliphatic carbocycles. The average Bonchev–Trinajstić information content (AvgIpc) is 3.25. The molecule has 0 bridgehead atoms. The predicted octanol–water partition coefficient (Wildman–Crippen LogP) is 2.61. The summed E-state index contributed by atoms with van der Waals surface area (Å²) in [4.78, 5) is 13.9. The first kappa shape index (κ1) is 13.2. The number of urea groups is 1. The van der Waals surface area contributed by atoms with Crippen molar-refractivity contribution in [2.75, 3.05) is 19.0 Å². The minimum absolute atomic E-state index is 0.136. The van der Waals surface area contributed by atoms with Gasteiger partial charge in [-0.1, -0.05) is 0 Å².